The fourth-order valence-electron chi connectivity index (χ4n) is 2.05. The van der Waals surface area contributed by atoms with Gasteiger partial charge in [0.1, 0.15) is 11.3 Å². The highest BCUT2D eigenvalue weighted by atomic mass is 32.1. The van der Waals surface area contributed by atoms with Gasteiger partial charge in [-0.3, -0.25) is 10.1 Å². The van der Waals surface area contributed by atoms with Gasteiger partial charge in [-0.15, -0.1) is 11.3 Å². The third kappa shape index (κ3) is 4.79. The zero-order valence-electron chi connectivity index (χ0n) is 14.0. The van der Waals surface area contributed by atoms with Crippen LogP contribution in [0.1, 0.15) is 25.8 Å². The number of carbonyl (C=O) groups is 1. The Morgan fingerprint density at radius 3 is 2.71 bits per heavy atom. The summed E-state index contributed by atoms with van der Waals surface area (Å²) in [4.78, 5) is 26.7. The summed E-state index contributed by atoms with van der Waals surface area (Å²) >= 11 is 1.41. The number of carbonyl (C=O) groups excluding carboxylic acids is 1. The van der Waals surface area contributed by atoms with Gasteiger partial charge in [-0.2, -0.15) is 0 Å². The molecule has 0 spiro atoms. The molecule has 0 bridgehead atoms. The number of alkyl carbamates (subject to hydrolysis) is 1. The number of rotatable bonds is 5. The second-order valence-corrected chi connectivity index (χ2v) is 7.42. The maximum atomic E-state index is 11.5. The predicted octanol–water partition coefficient (Wildman–Crippen LogP) is 3.45. The van der Waals surface area contributed by atoms with Gasteiger partial charge in [-0.1, -0.05) is 0 Å². The van der Waals surface area contributed by atoms with E-state index < -0.39 is 16.6 Å². The summed E-state index contributed by atoms with van der Waals surface area (Å²) in [6, 6.07) is 3.17. The van der Waals surface area contributed by atoms with Crippen molar-refractivity contribution in [2.45, 2.75) is 33.3 Å². The number of anilines is 1. The Morgan fingerprint density at radius 1 is 1.38 bits per heavy atom. The van der Waals surface area contributed by atoms with Crippen LogP contribution in [-0.4, -0.2) is 34.7 Å². The minimum absolute atomic E-state index is 0.0107. The standard InChI is InChI=1S/C15H20N4O4S/c1-9-18-11-7-10(12(19(21)22)8-13(11)24-9)16-5-6-17-14(20)23-15(2,3)4/h7-8,16H,5-6H2,1-4H3,(H,17,20). The summed E-state index contributed by atoms with van der Waals surface area (Å²) in [7, 11) is 0. The first-order valence-corrected chi connectivity index (χ1v) is 8.23. The molecule has 0 saturated heterocycles. The number of nitrogens with one attached hydrogen (secondary N) is 2. The number of hydrogen-bond donors (Lipinski definition) is 2. The van der Waals surface area contributed by atoms with Gasteiger partial charge in [0.15, 0.2) is 0 Å². The molecule has 1 aromatic carbocycles. The maximum Gasteiger partial charge on any atom is 0.407 e. The van der Waals surface area contributed by atoms with Gasteiger partial charge in [0.25, 0.3) is 5.69 Å². The molecule has 2 N–H and O–H groups in total. The Bertz CT molecular complexity index is 767. The quantitative estimate of drug-likeness (QED) is 0.485. The van der Waals surface area contributed by atoms with Crippen LogP contribution in [0.2, 0.25) is 0 Å². The summed E-state index contributed by atoms with van der Waals surface area (Å²) in [5.74, 6) is 0. The second-order valence-electron chi connectivity index (χ2n) is 6.18. The van der Waals surface area contributed by atoms with E-state index in [1.54, 1.807) is 26.8 Å². The molecule has 8 nitrogen and oxygen atoms in total. The van der Waals surface area contributed by atoms with Crippen LogP contribution in [0.25, 0.3) is 10.2 Å². The molecule has 0 aliphatic carbocycles. The molecule has 0 aliphatic rings. The first-order valence-electron chi connectivity index (χ1n) is 7.42. The van der Waals surface area contributed by atoms with Crippen molar-refractivity contribution >= 4 is 39.0 Å². The van der Waals surface area contributed by atoms with Crippen molar-refractivity contribution < 1.29 is 14.5 Å². The molecule has 2 rings (SSSR count). The maximum absolute atomic E-state index is 11.5. The van der Waals surface area contributed by atoms with Crippen LogP contribution in [0.5, 0.6) is 0 Å². The molecule has 9 heteroatoms. The lowest BCUT2D eigenvalue weighted by Crippen LogP contribution is -2.35. The van der Waals surface area contributed by atoms with Crippen LogP contribution < -0.4 is 10.6 Å². The lowest BCUT2D eigenvalue weighted by Gasteiger charge is -2.19. The van der Waals surface area contributed by atoms with E-state index in [1.165, 1.54) is 17.4 Å². The van der Waals surface area contributed by atoms with Crippen LogP contribution >= 0.6 is 11.3 Å². The first kappa shape index (κ1) is 17.9. The number of amides is 1. The van der Waals surface area contributed by atoms with Crippen molar-refractivity contribution in [1.82, 2.24) is 10.3 Å². The van der Waals surface area contributed by atoms with E-state index in [0.29, 0.717) is 17.7 Å². The number of hydrogen-bond acceptors (Lipinski definition) is 7. The Hall–Kier alpha value is -2.42. The average Bonchev–Trinajstić information content (AvgIpc) is 2.79. The predicted molar refractivity (Wildman–Crippen MR) is 93.7 cm³/mol. The summed E-state index contributed by atoms with van der Waals surface area (Å²) in [5, 5.41) is 17.6. The van der Waals surface area contributed by atoms with Crippen LogP contribution in [0, 0.1) is 17.0 Å². The fourth-order valence-corrected chi connectivity index (χ4v) is 2.89. The minimum Gasteiger partial charge on any atom is -0.444 e. The molecule has 1 aromatic heterocycles. The van der Waals surface area contributed by atoms with Gasteiger partial charge in [-0.05, 0) is 33.8 Å². The van der Waals surface area contributed by atoms with Crippen molar-refractivity contribution in [3.8, 4) is 0 Å². The minimum atomic E-state index is -0.566. The Labute approximate surface area is 143 Å². The number of aromatic nitrogens is 1. The van der Waals surface area contributed by atoms with Gasteiger partial charge < -0.3 is 15.4 Å². The molecule has 1 amide bonds. The van der Waals surface area contributed by atoms with Crippen LogP contribution in [0.15, 0.2) is 12.1 Å². The lowest BCUT2D eigenvalue weighted by molar-refractivity contribution is -0.383. The van der Waals surface area contributed by atoms with Crippen molar-refractivity contribution in [2.75, 3.05) is 18.4 Å². The first-order chi connectivity index (χ1) is 11.2. The lowest BCUT2D eigenvalue weighted by atomic mass is 10.2. The van der Waals surface area contributed by atoms with E-state index in [0.717, 1.165) is 9.71 Å². The molecule has 0 aliphatic heterocycles. The number of benzene rings is 1. The summed E-state index contributed by atoms with van der Waals surface area (Å²) < 4.78 is 5.89. The average molecular weight is 352 g/mol. The molecular formula is C15H20N4O4S. The number of nitro benzene ring substituents is 1. The zero-order valence-corrected chi connectivity index (χ0v) is 14.8. The summed E-state index contributed by atoms with van der Waals surface area (Å²) in [6.45, 7) is 7.79. The van der Waals surface area contributed by atoms with Crippen LogP contribution in [0.3, 0.4) is 0 Å². The number of aryl methyl sites for hydroxylation is 1. The number of nitrogens with zero attached hydrogens (tertiary/aromatic N) is 2. The van der Waals surface area contributed by atoms with Gasteiger partial charge in [0.05, 0.1) is 20.1 Å². The number of ether oxygens (including phenoxy) is 1. The molecule has 0 radical (unpaired) electrons. The normalized spacial score (nSPS) is 11.3. The van der Waals surface area contributed by atoms with Crippen molar-refractivity contribution in [3.05, 3.63) is 27.3 Å². The molecule has 0 atom stereocenters. The van der Waals surface area contributed by atoms with Gasteiger partial charge >= 0.3 is 6.09 Å². The molecular weight excluding hydrogens is 332 g/mol. The molecule has 24 heavy (non-hydrogen) atoms. The molecule has 2 aromatic rings. The van der Waals surface area contributed by atoms with E-state index in [2.05, 4.69) is 15.6 Å². The van der Waals surface area contributed by atoms with Gasteiger partial charge in [0.2, 0.25) is 0 Å². The highest BCUT2D eigenvalue weighted by molar-refractivity contribution is 7.18. The topological polar surface area (TPSA) is 106 Å². The van der Waals surface area contributed by atoms with E-state index in [4.69, 9.17) is 4.74 Å². The highest BCUT2D eigenvalue weighted by Crippen LogP contribution is 2.32. The van der Waals surface area contributed by atoms with Gasteiger partial charge in [0, 0.05) is 19.2 Å². The number of thiazole rings is 1. The summed E-state index contributed by atoms with van der Waals surface area (Å²) in [5.41, 5.74) is 0.516. The van der Waals surface area contributed by atoms with Crippen LogP contribution in [0.4, 0.5) is 16.2 Å². The molecule has 0 unspecified atom stereocenters. The highest BCUT2D eigenvalue weighted by Gasteiger charge is 2.18. The molecule has 130 valence electrons. The van der Waals surface area contributed by atoms with Crippen LogP contribution in [-0.2, 0) is 4.74 Å². The van der Waals surface area contributed by atoms with E-state index in [9.17, 15) is 14.9 Å². The largest absolute Gasteiger partial charge is 0.444 e. The summed E-state index contributed by atoms with van der Waals surface area (Å²) in [6.07, 6.45) is -0.524. The van der Waals surface area contributed by atoms with E-state index in [1.807, 2.05) is 6.92 Å². The van der Waals surface area contributed by atoms with Crippen molar-refractivity contribution in [2.24, 2.45) is 0 Å². The van der Waals surface area contributed by atoms with Crippen molar-refractivity contribution in [1.29, 1.82) is 0 Å². The Kier molecular flexibility index (Phi) is 5.23. The Balaban J connectivity index is 2.00. The third-order valence-electron chi connectivity index (χ3n) is 2.92. The molecule has 0 saturated carbocycles. The number of nitro groups is 1. The number of fused-ring (bicyclic) bond motifs is 1. The smallest absolute Gasteiger partial charge is 0.407 e. The Morgan fingerprint density at radius 2 is 2.08 bits per heavy atom. The zero-order chi connectivity index (χ0) is 17.9. The monoisotopic (exact) mass is 352 g/mol. The van der Waals surface area contributed by atoms with Crippen molar-refractivity contribution in [3.63, 3.8) is 0 Å². The van der Waals surface area contributed by atoms with E-state index in [-0.39, 0.29) is 12.2 Å². The molecule has 1 heterocycles. The van der Waals surface area contributed by atoms with Gasteiger partial charge in [-0.25, -0.2) is 9.78 Å². The second kappa shape index (κ2) is 7.00. The third-order valence-corrected chi connectivity index (χ3v) is 3.85. The SMILES string of the molecule is Cc1nc2cc(NCCNC(=O)OC(C)(C)C)c([N+](=O)[O-])cc2s1. The fraction of sp³-hybridized carbons (Fsp3) is 0.467. The molecule has 0 fully saturated rings. The van der Waals surface area contributed by atoms with E-state index >= 15 is 0 Å².